The van der Waals surface area contributed by atoms with E-state index in [1.54, 1.807) is 0 Å². The molecule has 0 saturated carbocycles. The first-order valence-electron chi connectivity index (χ1n) is 7.33. The third kappa shape index (κ3) is 3.12. The van der Waals surface area contributed by atoms with E-state index in [0.717, 1.165) is 11.8 Å². The molecule has 0 spiro atoms. The Hall–Kier alpha value is -1.59. The summed E-state index contributed by atoms with van der Waals surface area (Å²) < 4.78 is 42.9. The first kappa shape index (κ1) is 20.7. The van der Waals surface area contributed by atoms with E-state index in [-0.39, 0.29) is 61.8 Å². The van der Waals surface area contributed by atoms with Gasteiger partial charge in [-0.2, -0.15) is 13.2 Å². The first-order chi connectivity index (χ1) is 11.5. The number of carboxylic acids is 1. The average Bonchev–Trinajstić information content (AvgIpc) is 2.85. The molecule has 26 heavy (non-hydrogen) atoms. The van der Waals surface area contributed by atoms with E-state index in [2.05, 4.69) is 0 Å². The molecule has 3 atom stereocenters. The van der Waals surface area contributed by atoms with Crippen LogP contribution < -0.4 is 29.6 Å². The number of hydrogen-bond acceptors (Lipinski definition) is 5. The zero-order valence-electron chi connectivity index (χ0n) is 14.9. The number of ether oxygens (including phenoxy) is 1. The average molecular weight is 386 g/mol. The third-order valence-electron chi connectivity index (χ3n) is 4.60. The Morgan fingerprint density at radius 2 is 1.96 bits per heavy atom. The number of esters is 1. The fourth-order valence-corrected chi connectivity index (χ4v) is 3.73. The maximum absolute atomic E-state index is 12.7. The zero-order valence-corrected chi connectivity index (χ0v) is 15.9. The molecule has 0 aliphatic carbocycles. The minimum atomic E-state index is -5.11. The summed E-state index contributed by atoms with van der Waals surface area (Å²) in [6.07, 6.45) is -5.08. The molecular formula is C14H14F3N2NaO6. The van der Waals surface area contributed by atoms with Crippen LogP contribution >= 0.6 is 0 Å². The second kappa shape index (κ2) is 6.86. The van der Waals surface area contributed by atoms with Gasteiger partial charge in [0.1, 0.15) is 18.3 Å². The Bertz CT molecular complexity index is 728. The molecule has 0 aromatic carbocycles. The Balaban J connectivity index is 0.00000182. The summed E-state index contributed by atoms with van der Waals surface area (Å²) in [6.45, 7) is 0.436. The van der Waals surface area contributed by atoms with Crippen LogP contribution in [0.1, 0.15) is 14.8 Å². The number of likely N-dealkylation sites (tertiary alicyclic amines) is 1. The van der Waals surface area contributed by atoms with Crippen molar-refractivity contribution in [3.05, 3.63) is 11.3 Å². The number of amides is 2. The van der Waals surface area contributed by atoms with E-state index in [1.807, 2.05) is 0 Å². The Labute approximate surface area is 168 Å². The number of hydrogen-bond donors (Lipinski definition) is 1. The second-order valence-electron chi connectivity index (χ2n) is 6.10. The molecule has 0 aromatic rings. The molecule has 2 saturated heterocycles. The SMILES string of the molecule is CC(=O)OCC1=C(C(=O)O)N2C(=O)[C@@H]3[C@H]2[C@H](C1)CN3C(=O)C(F)(F)F.[H-].[Na+]. The van der Waals surface area contributed by atoms with Crippen LogP contribution in [-0.2, 0) is 23.9 Å². The van der Waals surface area contributed by atoms with Gasteiger partial charge in [0, 0.05) is 19.4 Å². The Kier molecular flexibility index (Phi) is 5.46. The number of halogens is 3. The number of nitrogens with zero attached hydrogens (tertiary/aromatic N) is 2. The van der Waals surface area contributed by atoms with Crippen molar-refractivity contribution in [3.63, 3.8) is 0 Å². The summed E-state index contributed by atoms with van der Waals surface area (Å²) in [4.78, 5) is 47.6. The summed E-state index contributed by atoms with van der Waals surface area (Å²) in [5.74, 6) is -5.62. The molecule has 0 bridgehead atoms. The van der Waals surface area contributed by atoms with Gasteiger partial charge in [0.2, 0.25) is 0 Å². The summed E-state index contributed by atoms with van der Waals surface area (Å²) in [7, 11) is 0. The van der Waals surface area contributed by atoms with E-state index >= 15 is 0 Å². The van der Waals surface area contributed by atoms with Crippen molar-refractivity contribution >= 4 is 23.8 Å². The molecule has 3 rings (SSSR count). The van der Waals surface area contributed by atoms with Gasteiger partial charge in [-0.25, -0.2) is 4.79 Å². The van der Waals surface area contributed by atoms with Gasteiger partial charge in [-0.15, -0.1) is 0 Å². The summed E-state index contributed by atoms with van der Waals surface area (Å²) in [5.41, 5.74) is -0.248. The zero-order chi connectivity index (χ0) is 18.7. The van der Waals surface area contributed by atoms with Gasteiger partial charge in [0.15, 0.2) is 0 Å². The van der Waals surface area contributed by atoms with Crippen LogP contribution in [0.5, 0.6) is 0 Å². The molecule has 138 valence electrons. The summed E-state index contributed by atoms with van der Waals surface area (Å²) in [6, 6.07) is -2.10. The van der Waals surface area contributed by atoms with Crippen LogP contribution in [0, 0.1) is 5.92 Å². The van der Waals surface area contributed by atoms with Crippen LogP contribution in [0.25, 0.3) is 0 Å². The van der Waals surface area contributed by atoms with Gasteiger partial charge in [0.25, 0.3) is 5.91 Å². The van der Waals surface area contributed by atoms with Crippen molar-refractivity contribution < 1.29 is 73.2 Å². The van der Waals surface area contributed by atoms with Crippen LogP contribution in [0.2, 0.25) is 0 Å². The number of aliphatic carboxylic acids is 1. The van der Waals surface area contributed by atoms with Crippen molar-refractivity contribution in [2.75, 3.05) is 13.2 Å². The van der Waals surface area contributed by atoms with Gasteiger partial charge in [-0.3, -0.25) is 19.3 Å². The van der Waals surface area contributed by atoms with Crippen molar-refractivity contribution in [2.24, 2.45) is 5.92 Å². The van der Waals surface area contributed by atoms with Gasteiger partial charge in [-0.05, 0) is 12.0 Å². The van der Waals surface area contributed by atoms with Crippen molar-refractivity contribution in [1.82, 2.24) is 9.80 Å². The van der Waals surface area contributed by atoms with E-state index in [0.29, 0.717) is 4.90 Å². The first-order valence-corrected chi connectivity index (χ1v) is 7.33. The van der Waals surface area contributed by atoms with Crippen molar-refractivity contribution in [2.45, 2.75) is 31.6 Å². The predicted molar refractivity (Wildman–Crippen MR) is 72.7 cm³/mol. The van der Waals surface area contributed by atoms with Crippen LogP contribution in [-0.4, -0.2) is 70.1 Å². The van der Waals surface area contributed by atoms with Gasteiger partial charge >= 0.3 is 53.6 Å². The molecule has 2 amide bonds. The topological polar surface area (TPSA) is 104 Å². The number of carbonyl (C=O) groups is 4. The number of carbonyl (C=O) groups excluding carboxylic acids is 3. The fraction of sp³-hybridized carbons (Fsp3) is 0.571. The number of alkyl halides is 3. The smallest absolute Gasteiger partial charge is 1.00 e. The molecule has 12 heteroatoms. The van der Waals surface area contributed by atoms with Crippen molar-refractivity contribution in [3.8, 4) is 0 Å². The predicted octanol–water partition coefficient (Wildman–Crippen LogP) is -2.99. The van der Waals surface area contributed by atoms with Crippen LogP contribution in [0.15, 0.2) is 11.3 Å². The number of β-lactam (4-membered cyclic amide) rings is 1. The maximum Gasteiger partial charge on any atom is 1.00 e. The molecule has 3 heterocycles. The second-order valence-corrected chi connectivity index (χ2v) is 6.10. The minimum Gasteiger partial charge on any atom is -1.00 e. The van der Waals surface area contributed by atoms with E-state index in [4.69, 9.17) is 4.74 Å². The molecule has 3 aliphatic rings. The summed E-state index contributed by atoms with van der Waals surface area (Å²) >= 11 is 0. The molecular weight excluding hydrogens is 372 g/mol. The largest absolute Gasteiger partial charge is 1.00 e. The normalized spacial score (nSPS) is 26.8. The maximum atomic E-state index is 12.7. The van der Waals surface area contributed by atoms with Gasteiger partial charge in [-0.1, -0.05) is 0 Å². The molecule has 0 unspecified atom stereocenters. The van der Waals surface area contributed by atoms with E-state index < -0.39 is 47.9 Å². The van der Waals surface area contributed by atoms with E-state index in [9.17, 15) is 37.5 Å². The molecule has 0 aromatic heterocycles. The third-order valence-corrected chi connectivity index (χ3v) is 4.60. The number of rotatable bonds is 3. The summed E-state index contributed by atoms with van der Waals surface area (Å²) in [5, 5.41) is 9.36. The van der Waals surface area contributed by atoms with E-state index in [1.165, 1.54) is 0 Å². The molecule has 1 N–H and O–H groups in total. The van der Waals surface area contributed by atoms with Crippen LogP contribution in [0.3, 0.4) is 0 Å². The molecule has 0 radical (unpaired) electrons. The van der Waals surface area contributed by atoms with Crippen molar-refractivity contribution in [1.29, 1.82) is 0 Å². The van der Waals surface area contributed by atoms with Gasteiger partial charge < -0.3 is 16.2 Å². The Morgan fingerprint density at radius 3 is 2.46 bits per heavy atom. The molecule has 8 nitrogen and oxygen atoms in total. The molecule has 3 aliphatic heterocycles. The fourth-order valence-electron chi connectivity index (χ4n) is 3.73. The van der Waals surface area contributed by atoms with Crippen LogP contribution in [0.4, 0.5) is 13.2 Å². The standard InChI is InChI=1S/C14H13F3N2O6.Na.H/c1-5(20)25-4-7-2-6-3-18(13(24)14(15,16)17)10-8(6)19(11(10)21)9(7)12(22)23;;/h6,8,10H,2-4H2,1H3,(H,22,23);;/q;+1;-1/t6-,8-,10+;;/m1../s1. The molecule has 2 fully saturated rings. The van der Waals surface area contributed by atoms with Gasteiger partial charge in [0.05, 0.1) is 6.04 Å². The monoisotopic (exact) mass is 386 g/mol. The minimum absolute atomic E-state index is 0. The quantitative estimate of drug-likeness (QED) is 0.315. The Morgan fingerprint density at radius 1 is 1.35 bits per heavy atom. The number of carboxylic acid groups (broad SMARTS) is 1.